The van der Waals surface area contributed by atoms with Crippen molar-refractivity contribution in [3.05, 3.63) is 0 Å². The van der Waals surface area contributed by atoms with Crippen molar-refractivity contribution in [1.82, 2.24) is 5.32 Å². The molecule has 0 spiro atoms. The van der Waals surface area contributed by atoms with Gasteiger partial charge in [0, 0.05) is 19.8 Å². The topological polar surface area (TPSA) is 73.6 Å². The van der Waals surface area contributed by atoms with Crippen LogP contribution >= 0.6 is 0 Å². The van der Waals surface area contributed by atoms with Gasteiger partial charge in [-0.15, -0.1) is 0 Å². The van der Waals surface area contributed by atoms with E-state index in [1.165, 1.54) is 0 Å². The Morgan fingerprint density at radius 2 is 2.11 bits per heavy atom. The largest absolute Gasteiger partial charge is 0.381 e. The van der Waals surface area contributed by atoms with Crippen LogP contribution in [0.2, 0.25) is 0 Å². The predicted molar refractivity (Wildman–Crippen MR) is 74.9 cm³/mol. The van der Waals surface area contributed by atoms with Crippen LogP contribution in [-0.2, 0) is 14.3 Å². The van der Waals surface area contributed by atoms with Gasteiger partial charge in [0.1, 0.15) is 0 Å². The molecular formula is C14H28N2O3. The van der Waals surface area contributed by atoms with Crippen LogP contribution in [0.4, 0.5) is 0 Å². The zero-order valence-electron chi connectivity index (χ0n) is 12.2. The van der Waals surface area contributed by atoms with Crippen molar-refractivity contribution < 1.29 is 14.3 Å². The van der Waals surface area contributed by atoms with E-state index in [1.54, 1.807) is 0 Å². The highest BCUT2D eigenvalue weighted by Crippen LogP contribution is 2.15. The fraction of sp³-hybridized carbons (Fsp3) is 0.929. The number of amides is 1. The summed E-state index contributed by atoms with van der Waals surface area (Å²) in [5.41, 5.74) is 4.85. The van der Waals surface area contributed by atoms with Gasteiger partial charge in [-0.05, 0) is 45.6 Å². The molecule has 1 rings (SSSR count). The van der Waals surface area contributed by atoms with E-state index in [2.05, 4.69) is 5.32 Å². The second kappa shape index (κ2) is 8.51. The highest BCUT2D eigenvalue weighted by Gasteiger charge is 2.28. The molecule has 0 aromatic heterocycles. The first-order valence-electron chi connectivity index (χ1n) is 7.33. The van der Waals surface area contributed by atoms with Crippen LogP contribution in [0.1, 0.15) is 46.0 Å². The number of unbranched alkanes of at least 4 members (excludes halogenated alkanes) is 1. The summed E-state index contributed by atoms with van der Waals surface area (Å²) in [6.07, 6.45) is 5.01. The Morgan fingerprint density at radius 3 is 2.68 bits per heavy atom. The van der Waals surface area contributed by atoms with Crippen molar-refractivity contribution in [1.29, 1.82) is 0 Å². The van der Waals surface area contributed by atoms with E-state index in [9.17, 15) is 4.79 Å². The SMILES string of the molecule is CCNC(C)(CCCCOC1CCOCC1)C(N)=O. The molecular weight excluding hydrogens is 244 g/mol. The van der Waals surface area contributed by atoms with Gasteiger partial charge >= 0.3 is 0 Å². The highest BCUT2D eigenvalue weighted by atomic mass is 16.5. The fourth-order valence-electron chi connectivity index (χ4n) is 2.36. The van der Waals surface area contributed by atoms with Gasteiger partial charge in [0.2, 0.25) is 5.91 Å². The maximum Gasteiger partial charge on any atom is 0.237 e. The van der Waals surface area contributed by atoms with Gasteiger partial charge in [-0.25, -0.2) is 0 Å². The number of rotatable bonds is 9. The Balaban J connectivity index is 2.12. The number of carbonyl (C=O) groups excluding carboxylic acids is 1. The lowest BCUT2D eigenvalue weighted by molar-refractivity contribution is -0.124. The van der Waals surface area contributed by atoms with Crippen LogP contribution in [0.3, 0.4) is 0 Å². The molecule has 19 heavy (non-hydrogen) atoms. The average Bonchev–Trinajstić information content (AvgIpc) is 2.39. The van der Waals surface area contributed by atoms with Crippen LogP contribution in [-0.4, -0.2) is 43.9 Å². The molecule has 1 aliphatic heterocycles. The fourth-order valence-corrected chi connectivity index (χ4v) is 2.36. The van der Waals surface area contributed by atoms with E-state index in [-0.39, 0.29) is 5.91 Å². The van der Waals surface area contributed by atoms with E-state index >= 15 is 0 Å². The lowest BCUT2D eigenvalue weighted by atomic mass is 9.94. The molecule has 0 aromatic carbocycles. The van der Waals surface area contributed by atoms with Gasteiger partial charge in [-0.1, -0.05) is 6.92 Å². The van der Waals surface area contributed by atoms with Crippen molar-refractivity contribution >= 4 is 5.91 Å². The molecule has 3 N–H and O–H groups in total. The molecule has 1 aliphatic rings. The Labute approximate surface area is 116 Å². The van der Waals surface area contributed by atoms with Crippen LogP contribution < -0.4 is 11.1 Å². The Kier molecular flexibility index (Phi) is 7.34. The summed E-state index contributed by atoms with van der Waals surface area (Å²) in [6.45, 7) is 6.98. The average molecular weight is 272 g/mol. The lowest BCUT2D eigenvalue weighted by Crippen LogP contribution is -2.53. The monoisotopic (exact) mass is 272 g/mol. The standard InChI is InChI=1S/C14H28N2O3/c1-3-16-14(2,13(15)17)8-4-5-9-19-12-6-10-18-11-7-12/h12,16H,3-11H2,1-2H3,(H2,15,17). The molecule has 112 valence electrons. The van der Waals surface area contributed by atoms with E-state index < -0.39 is 5.54 Å². The summed E-state index contributed by atoms with van der Waals surface area (Å²) in [4.78, 5) is 11.4. The van der Waals surface area contributed by atoms with E-state index in [4.69, 9.17) is 15.2 Å². The van der Waals surface area contributed by atoms with Crippen molar-refractivity contribution in [3.63, 3.8) is 0 Å². The molecule has 1 saturated heterocycles. The molecule has 0 bridgehead atoms. The van der Waals surface area contributed by atoms with Crippen LogP contribution in [0.25, 0.3) is 0 Å². The van der Waals surface area contributed by atoms with Crippen LogP contribution in [0.15, 0.2) is 0 Å². The number of nitrogens with one attached hydrogen (secondary N) is 1. The smallest absolute Gasteiger partial charge is 0.237 e. The predicted octanol–water partition coefficient (Wildman–Crippen LogP) is 1.21. The van der Waals surface area contributed by atoms with Crippen LogP contribution in [0, 0.1) is 0 Å². The number of hydrogen-bond acceptors (Lipinski definition) is 4. The lowest BCUT2D eigenvalue weighted by Gasteiger charge is -2.27. The number of likely N-dealkylation sites (N-methyl/N-ethyl adjacent to an activating group) is 1. The zero-order chi connectivity index (χ0) is 14.1. The minimum absolute atomic E-state index is 0.278. The minimum atomic E-state index is -0.590. The Bertz CT molecular complexity index is 267. The van der Waals surface area contributed by atoms with Gasteiger partial charge in [0.05, 0.1) is 11.6 Å². The summed E-state index contributed by atoms with van der Waals surface area (Å²) in [5.74, 6) is -0.278. The molecule has 1 fully saturated rings. The normalized spacial score (nSPS) is 20.1. The number of carbonyl (C=O) groups is 1. The molecule has 5 heteroatoms. The van der Waals surface area contributed by atoms with Crippen molar-refractivity contribution in [2.45, 2.75) is 57.6 Å². The quantitative estimate of drug-likeness (QED) is 0.619. The molecule has 1 unspecified atom stereocenters. The molecule has 0 radical (unpaired) electrons. The highest BCUT2D eigenvalue weighted by molar-refractivity contribution is 5.84. The van der Waals surface area contributed by atoms with Gasteiger partial charge < -0.3 is 20.5 Å². The first kappa shape index (κ1) is 16.4. The Morgan fingerprint density at radius 1 is 1.42 bits per heavy atom. The summed E-state index contributed by atoms with van der Waals surface area (Å²) in [6, 6.07) is 0. The van der Waals surface area contributed by atoms with Gasteiger partial charge in [-0.2, -0.15) is 0 Å². The third kappa shape index (κ3) is 5.89. The molecule has 1 atom stereocenters. The maximum absolute atomic E-state index is 11.4. The number of hydrogen-bond donors (Lipinski definition) is 2. The minimum Gasteiger partial charge on any atom is -0.381 e. The number of ether oxygens (including phenoxy) is 2. The summed E-state index contributed by atoms with van der Waals surface area (Å²) >= 11 is 0. The molecule has 1 amide bonds. The summed E-state index contributed by atoms with van der Waals surface area (Å²) in [7, 11) is 0. The van der Waals surface area contributed by atoms with Crippen LogP contribution in [0.5, 0.6) is 0 Å². The third-order valence-corrected chi connectivity index (χ3v) is 3.70. The zero-order valence-corrected chi connectivity index (χ0v) is 12.2. The molecule has 1 heterocycles. The van der Waals surface area contributed by atoms with Crippen molar-refractivity contribution in [3.8, 4) is 0 Å². The van der Waals surface area contributed by atoms with Gasteiger partial charge in [-0.3, -0.25) is 4.79 Å². The summed E-state index contributed by atoms with van der Waals surface area (Å²) in [5, 5.41) is 3.17. The molecule has 0 aromatic rings. The Hall–Kier alpha value is -0.650. The van der Waals surface area contributed by atoms with Crippen molar-refractivity contribution in [2.75, 3.05) is 26.4 Å². The second-order valence-electron chi connectivity index (χ2n) is 5.37. The molecule has 0 aliphatic carbocycles. The van der Waals surface area contributed by atoms with Gasteiger partial charge in [0.15, 0.2) is 0 Å². The molecule has 0 saturated carbocycles. The van der Waals surface area contributed by atoms with E-state index in [1.807, 2.05) is 13.8 Å². The van der Waals surface area contributed by atoms with E-state index in [0.717, 1.165) is 58.5 Å². The first-order valence-corrected chi connectivity index (χ1v) is 7.33. The molecule has 5 nitrogen and oxygen atoms in total. The number of nitrogens with two attached hydrogens (primary N) is 1. The van der Waals surface area contributed by atoms with Crippen molar-refractivity contribution in [2.24, 2.45) is 5.73 Å². The maximum atomic E-state index is 11.4. The number of primary amides is 1. The van der Waals surface area contributed by atoms with Gasteiger partial charge in [0.25, 0.3) is 0 Å². The first-order chi connectivity index (χ1) is 9.08. The second-order valence-corrected chi connectivity index (χ2v) is 5.37. The third-order valence-electron chi connectivity index (χ3n) is 3.70. The van der Waals surface area contributed by atoms with E-state index in [0.29, 0.717) is 6.10 Å². The summed E-state index contributed by atoms with van der Waals surface area (Å²) < 4.78 is 11.1.